The zero-order chi connectivity index (χ0) is 19.2. The maximum atomic E-state index is 12.8. The Kier molecular flexibility index (Phi) is 7.15. The molecule has 0 spiro atoms. The van der Waals surface area contributed by atoms with Crippen LogP contribution in [-0.4, -0.2) is 22.6 Å². The number of rotatable bonds is 9. The van der Waals surface area contributed by atoms with Gasteiger partial charge in [-0.1, -0.05) is 39.8 Å². The number of nitrogens with one attached hydrogen (secondary N) is 1. The summed E-state index contributed by atoms with van der Waals surface area (Å²) < 4.78 is 5.85. The maximum Gasteiger partial charge on any atom is 0.323 e. The number of esters is 1. The molecule has 4 heteroatoms. The maximum absolute atomic E-state index is 12.8. The van der Waals surface area contributed by atoms with Gasteiger partial charge in [0.2, 0.25) is 0 Å². The SMILES string of the molecule is CCC(C)(CC)OC(=O)[C@H](CC(C)C)NCc1ccc2ncccc2c1. The van der Waals surface area contributed by atoms with Gasteiger partial charge < -0.3 is 10.1 Å². The summed E-state index contributed by atoms with van der Waals surface area (Å²) in [5.74, 6) is 0.266. The number of hydrogen-bond acceptors (Lipinski definition) is 4. The van der Waals surface area contributed by atoms with Crippen molar-refractivity contribution in [1.82, 2.24) is 10.3 Å². The number of pyridine rings is 1. The molecule has 0 aliphatic heterocycles. The Morgan fingerprint density at radius 2 is 1.96 bits per heavy atom. The van der Waals surface area contributed by atoms with Crippen LogP contribution in [0, 0.1) is 5.92 Å². The lowest BCUT2D eigenvalue weighted by atomic mass is 9.99. The summed E-state index contributed by atoms with van der Waals surface area (Å²) in [5, 5.41) is 4.52. The zero-order valence-electron chi connectivity index (χ0n) is 16.7. The van der Waals surface area contributed by atoms with Crippen molar-refractivity contribution in [2.45, 2.75) is 72.1 Å². The highest BCUT2D eigenvalue weighted by Crippen LogP contribution is 2.21. The molecule has 0 unspecified atom stereocenters. The zero-order valence-corrected chi connectivity index (χ0v) is 16.7. The first kappa shape index (κ1) is 20.4. The highest BCUT2D eigenvalue weighted by Gasteiger charge is 2.29. The molecule has 0 bridgehead atoms. The predicted octanol–water partition coefficient (Wildman–Crippen LogP) is 4.86. The quantitative estimate of drug-likeness (QED) is 0.652. The lowest BCUT2D eigenvalue weighted by molar-refractivity contribution is -0.162. The topological polar surface area (TPSA) is 51.2 Å². The van der Waals surface area contributed by atoms with Crippen LogP contribution in [0.5, 0.6) is 0 Å². The molecule has 0 saturated carbocycles. The number of benzene rings is 1. The molecule has 1 N–H and O–H groups in total. The Labute approximate surface area is 157 Å². The van der Waals surface area contributed by atoms with Crippen LogP contribution < -0.4 is 5.32 Å². The molecule has 26 heavy (non-hydrogen) atoms. The van der Waals surface area contributed by atoms with Crippen LogP contribution in [0.4, 0.5) is 0 Å². The normalized spacial score (nSPS) is 13.2. The number of aromatic nitrogens is 1. The van der Waals surface area contributed by atoms with Crippen LogP contribution in [-0.2, 0) is 16.1 Å². The van der Waals surface area contributed by atoms with Gasteiger partial charge in [0.25, 0.3) is 0 Å². The average Bonchev–Trinajstić information content (AvgIpc) is 2.64. The van der Waals surface area contributed by atoms with Crippen molar-refractivity contribution in [3.63, 3.8) is 0 Å². The van der Waals surface area contributed by atoms with Crippen LogP contribution in [0.1, 0.15) is 59.4 Å². The second-order valence-corrected chi connectivity index (χ2v) is 7.67. The van der Waals surface area contributed by atoms with E-state index in [9.17, 15) is 4.79 Å². The van der Waals surface area contributed by atoms with Crippen molar-refractivity contribution < 1.29 is 9.53 Å². The molecule has 1 heterocycles. The fourth-order valence-electron chi connectivity index (χ4n) is 2.92. The molecule has 1 atom stereocenters. The number of nitrogens with zero attached hydrogens (tertiary/aromatic N) is 1. The summed E-state index contributed by atoms with van der Waals surface area (Å²) in [4.78, 5) is 17.1. The van der Waals surface area contributed by atoms with E-state index in [1.165, 1.54) is 0 Å². The van der Waals surface area contributed by atoms with Gasteiger partial charge in [-0.2, -0.15) is 0 Å². The van der Waals surface area contributed by atoms with E-state index in [-0.39, 0.29) is 17.6 Å². The van der Waals surface area contributed by atoms with Crippen molar-refractivity contribution in [1.29, 1.82) is 0 Å². The molecule has 0 aliphatic rings. The van der Waals surface area contributed by atoms with Gasteiger partial charge in [-0.05, 0) is 55.9 Å². The summed E-state index contributed by atoms with van der Waals surface area (Å²) in [5.41, 5.74) is 1.74. The van der Waals surface area contributed by atoms with Crippen LogP contribution in [0.2, 0.25) is 0 Å². The minimum atomic E-state index is -0.386. The molecule has 0 saturated heterocycles. The first-order chi connectivity index (χ1) is 12.4. The summed E-state index contributed by atoms with van der Waals surface area (Å²) in [6.45, 7) is 11.0. The van der Waals surface area contributed by atoms with E-state index >= 15 is 0 Å². The Hall–Kier alpha value is -1.94. The minimum Gasteiger partial charge on any atom is -0.458 e. The first-order valence-electron chi connectivity index (χ1n) is 9.66. The third-order valence-electron chi connectivity index (χ3n) is 5.05. The lowest BCUT2D eigenvalue weighted by Gasteiger charge is -2.30. The third-order valence-corrected chi connectivity index (χ3v) is 5.05. The molecule has 4 nitrogen and oxygen atoms in total. The molecule has 0 amide bonds. The number of carbonyl (C=O) groups is 1. The van der Waals surface area contributed by atoms with E-state index in [2.05, 4.69) is 56.2 Å². The van der Waals surface area contributed by atoms with Crippen molar-refractivity contribution in [2.24, 2.45) is 5.92 Å². The lowest BCUT2D eigenvalue weighted by Crippen LogP contribution is -2.43. The van der Waals surface area contributed by atoms with E-state index in [4.69, 9.17) is 4.74 Å². The van der Waals surface area contributed by atoms with Crippen LogP contribution >= 0.6 is 0 Å². The summed E-state index contributed by atoms with van der Waals surface area (Å²) in [7, 11) is 0. The Morgan fingerprint density at radius 1 is 1.23 bits per heavy atom. The average molecular weight is 357 g/mol. The summed E-state index contributed by atoms with van der Waals surface area (Å²) in [6.07, 6.45) is 4.20. The largest absolute Gasteiger partial charge is 0.458 e. The summed E-state index contributed by atoms with van der Waals surface area (Å²) >= 11 is 0. The number of fused-ring (bicyclic) bond motifs is 1. The van der Waals surface area contributed by atoms with Crippen LogP contribution in [0.15, 0.2) is 36.5 Å². The molecule has 1 aromatic heterocycles. The van der Waals surface area contributed by atoms with Crippen molar-refractivity contribution in [3.8, 4) is 0 Å². The van der Waals surface area contributed by atoms with Gasteiger partial charge in [0.15, 0.2) is 0 Å². The van der Waals surface area contributed by atoms with Crippen molar-refractivity contribution >= 4 is 16.9 Å². The predicted molar refractivity (Wildman–Crippen MR) is 107 cm³/mol. The third kappa shape index (κ3) is 5.53. The van der Waals surface area contributed by atoms with E-state index < -0.39 is 0 Å². The van der Waals surface area contributed by atoms with Gasteiger partial charge in [-0.3, -0.25) is 9.78 Å². The van der Waals surface area contributed by atoms with Gasteiger partial charge in [-0.25, -0.2) is 0 Å². The second kappa shape index (κ2) is 9.13. The van der Waals surface area contributed by atoms with Gasteiger partial charge in [-0.15, -0.1) is 0 Å². The fourth-order valence-corrected chi connectivity index (χ4v) is 2.92. The fraction of sp³-hybridized carbons (Fsp3) is 0.545. The second-order valence-electron chi connectivity index (χ2n) is 7.67. The minimum absolute atomic E-state index is 0.146. The Morgan fingerprint density at radius 3 is 2.62 bits per heavy atom. The highest BCUT2D eigenvalue weighted by atomic mass is 16.6. The first-order valence-corrected chi connectivity index (χ1v) is 9.66. The van der Waals surface area contributed by atoms with E-state index in [1.807, 2.05) is 19.1 Å². The van der Waals surface area contributed by atoms with Gasteiger partial charge in [0, 0.05) is 18.1 Å². The highest BCUT2D eigenvalue weighted by molar-refractivity contribution is 5.79. The Bertz CT molecular complexity index is 723. The standard InChI is InChI=1S/C22H32N2O2/c1-6-22(5,7-2)26-21(25)20(13-16(3)4)24-15-17-10-11-19-18(14-17)9-8-12-23-19/h8-12,14,16,20,24H,6-7,13,15H2,1-5H3/t20-/m0/s1. The van der Waals surface area contributed by atoms with Gasteiger partial charge in [0.1, 0.15) is 11.6 Å². The van der Waals surface area contributed by atoms with E-state index in [1.54, 1.807) is 6.20 Å². The van der Waals surface area contributed by atoms with Crippen molar-refractivity contribution in [3.05, 3.63) is 42.1 Å². The summed E-state index contributed by atoms with van der Waals surface area (Å²) in [6, 6.07) is 9.90. The van der Waals surface area contributed by atoms with E-state index in [0.29, 0.717) is 12.5 Å². The van der Waals surface area contributed by atoms with E-state index in [0.717, 1.165) is 35.7 Å². The Balaban J connectivity index is 2.07. The number of ether oxygens (including phenoxy) is 1. The van der Waals surface area contributed by atoms with Gasteiger partial charge >= 0.3 is 5.97 Å². The molecular weight excluding hydrogens is 324 g/mol. The number of carbonyl (C=O) groups excluding carboxylic acids is 1. The monoisotopic (exact) mass is 356 g/mol. The molecule has 0 aliphatic carbocycles. The molecule has 2 rings (SSSR count). The molecule has 1 aromatic carbocycles. The van der Waals surface area contributed by atoms with Crippen LogP contribution in [0.3, 0.4) is 0 Å². The van der Waals surface area contributed by atoms with Crippen LogP contribution in [0.25, 0.3) is 10.9 Å². The molecule has 0 fully saturated rings. The molecule has 2 aromatic rings. The molecule has 0 radical (unpaired) electrons. The smallest absolute Gasteiger partial charge is 0.323 e. The molecular formula is C22H32N2O2. The number of hydrogen-bond donors (Lipinski definition) is 1. The van der Waals surface area contributed by atoms with Crippen molar-refractivity contribution in [2.75, 3.05) is 0 Å². The van der Waals surface area contributed by atoms with Gasteiger partial charge in [0.05, 0.1) is 5.52 Å². The molecule has 142 valence electrons.